The van der Waals surface area contributed by atoms with Gasteiger partial charge in [0.05, 0.1) is 0 Å². The summed E-state index contributed by atoms with van der Waals surface area (Å²) in [6.07, 6.45) is 0. The Balaban J connectivity index is 2.67. The van der Waals surface area contributed by atoms with Crippen LogP contribution in [0.3, 0.4) is 0 Å². The molecular weight excluding hydrogens is 242 g/mol. The Kier molecular flexibility index (Phi) is 5.10. The summed E-state index contributed by atoms with van der Waals surface area (Å²) in [4.78, 5) is 22.9. The Labute approximate surface area is 113 Å². The first-order valence-corrected chi connectivity index (χ1v) is 6.39. The lowest BCUT2D eigenvalue weighted by Crippen LogP contribution is -2.38. The Hall–Kier alpha value is -1.84. The standard InChI is InChI=1S/C15H21NO3/c1-9(2)13(15(18)19)14(17)16-8-12-6-5-10(3)11(4)7-12/h5-7,9,13H,8H2,1-4H3,(H,16,17)(H,18,19). The van der Waals surface area contributed by atoms with E-state index in [1.54, 1.807) is 13.8 Å². The number of aryl methyl sites for hydroxylation is 2. The SMILES string of the molecule is Cc1ccc(CNC(=O)C(C(=O)O)C(C)C)cc1C. The zero-order chi connectivity index (χ0) is 14.6. The van der Waals surface area contributed by atoms with Crippen LogP contribution >= 0.6 is 0 Å². The van der Waals surface area contributed by atoms with Crippen LogP contribution in [0, 0.1) is 25.7 Å². The van der Waals surface area contributed by atoms with Gasteiger partial charge in [-0.05, 0) is 36.5 Å². The average molecular weight is 263 g/mol. The fourth-order valence-corrected chi connectivity index (χ4v) is 1.91. The molecule has 0 fully saturated rings. The second-order valence-electron chi connectivity index (χ2n) is 5.20. The highest BCUT2D eigenvalue weighted by Gasteiger charge is 2.29. The second kappa shape index (κ2) is 6.36. The van der Waals surface area contributed by atoms with Crippen LogP contribution in [0.15, 0.2) is 18.2 Å². The topological polar surface area (TPSA) is 66.4 Å². The van der Waals surface area contributed by atoms with Gasteiger partial charge < -0.3 is 10.4 Å². The fraction of sp³-hybridized carbons (Fsp3) is 0.467. The number of carbonyl (C=O) groups excluding carboxylic acids is 1. The van der Waals surface area contributed by atoms with E-state index < -0.39 is 17.8 Å². The number of hydrogen-bond donors (Lipinski definition) is 2. The van der Waals surface area contributed by atoms with Crippen LogP contribution in [0.2, 0.25) is 0 Å². The lowest BCUT2D eigenvalue weighted by molar-refractivity contribution is -0.148. The van der Waals surface area contributed by atoms with Crippen LogP contribution in [-0.4, -0.2) is 17.0 Å². The maximum absolute atomic E-state index is 11.9. The molecule has 1 aromatic rings. The van der Waals surface area contributed by atoms with Gasteiger partial charge in [-0.15, -0.1) is 0 Å². The summed E-state index contributed by atoms with van der Waals surface area (Å²) in [5.41, 5.74) is 3.33. The van der Waals surface area contributed by atoms with Crippen molar-refractivity contribution in [2.75, 3.05) is 0 Å². The van der Waals surface area contributed by atoms with Gasteiger partial charge in [0.15, 0.2) is 0 Å². The molecule has 104 valence electrons. The highest BCUT2D eigenvalue weighted by Crippen LogP contribution is 2.13. The van der Waals surface area contributed by atoms with Crippen molar-refractivity contribution in [3.8, 4) is 0 Å². The number of carboxylic acid groups (broad SMARTS) is 1. The van der Waals surface area contributed by atoms with Crippen LogP contribution in [-0.2, 0) is 16.1 Å². The first kappa shape index (κ1) is 15.2. The van der Waals surface area contributed by atoms with Crippen molar-refractivity contribution < 1.29 is 14.7 Å². The third-order valence-electron chi connectivity index (χ3n) is 3.25. The van der Waals surface area contributed by atoms with Gasteiger partial charge in [-0.3, -0.25) is 9.59 Å². The van der Waals surface area contributed by atoms with Crippen molar-refractivity contribution in [2.24, 2.45) is 11.8 Å². The third-order valence-corrected chi connectivity index (χ3v) is 3.25. The van der Waals surface area contributed by atoms with Crippen LogP contribution in [0.25, 0.3) is 0 Å². The van der Waals surface area contributed by atoms with Crippen molar-refractivity contribution in [2.45, 2.75) is 34.2 Å². The van der Waals surface area contributed by atoms with Gasteiger partial charge in [-0.2, -0.15) is 0 Å². The summed E-state index contributed by atoms with van der Waals surface area (Å²) in [6, 6.07) is 5.93. The van der Waals surface area contributed by atoms with Gasteiger partial charge in [0.25, 0.3) is 0 Å². The molecular formula is C15H21NO3. The molecule has 1 aromatic carbocycles. The number of benzene rings is 1. The molecule has 4 heteroatoms. The van der Waals surface area contributed by atoms with Crippen LogP contribution < -0.4 is 5.32 Å². The van der Waals surface area contributed by atoms with Crippen molar-refractivity contribution in [3.63, 3.8) is 0 Å². The van der Waals surface area contributed by atoms with E-state index in [-0.39, 0.29) is 5.92 Å². The summed E-state index contributed by atoms with van der Waals surface area (Å²) in [5.74, 6) is -2.72. The molecule has 0 aromatic heterocycles. The van der Waals surface area contributed by atoms with Crippen molar-refractivity contribution in [3.05, 3.63) is 34.9 Å². The number of nitrogens with one attached hydrogen (secondary N) is 1. The maximum atomic E-state index is 11.9. The second-order valence-corrected chi connectivity index (χ2v) is 5.20. The lowest BCUT2D eigenvalue weighted by atomic mass is 9.95. The zero-order valence-corrected chi connectivity index (χ0v) is 11.9. The smallest absolute Gasteiger partial charge is 0.316 e. The molecule has 1 unspecified atom stereocenters. The highest BCUT2D eigenvalue weighted by molar-refractivity contribution is 5.97. The van der Waals surface area contributed by atoms with Crippen molar-refractivity contribution >= 4 is 11.9 Å². The van der Waals surface area contributed by atoms with E-state index in [0.29, 0.717) is 6.54 Å². The van der Waals surface area contributed by atoms with Crippen LogP contribution in [0.4, 0.5) is 0 Å². The molecule has 0 aliphatic rings. The molecule has 1 atom stereocenters. The highest BCUT2D eigenvalue weighted by atomic mass is 16.4. The van der Waals surface area contributed by atoms with E-state index in [0.717, 1.165) is 11.1 Å². The van der Waals surface area contributed by atoms with Gasteiger partial charge >= 0.3 is 5.97 Å². The van der Waals surface area contributed by atoms with Crippen molar-refractivity contribution in [1.82, 2.24) is 5.32 Å². The van der Waals surface area contributed by atoms with E-state index in [1.807, 2.05) is 32.0 Å². The summed E-state index contributed by atoms with van der Waals surface area (Å²) in [6.45, 7) is 7.85. The zero-order valence-electron chi connectivity index (χ0n) is 11.9. The molecule has 0 saturated carbocycles. The lowest BCUT2D eigenvalue weighted by Gasteiger charge is -2.16. The predicted molar refractivity (Wildman–Crippen MR) is 73.7 cm³/mol. The van der Waals surface area contributed by atoms with E-state index in [2.05, 4.69) is 5.32 Å². The monoisotopic (exact) mass is 263 g/mol. The maximum Gasteiger partial charge on any atom is 0.316 e. The number of hydrogen-bond acceptors (Lipinski definition) is 2. The number of carboxylic acids is 1. The summed E-state index contributed by atoms with van der Waals surface area (Å²) in [7, 11) is 0. The Morgan fingerprint density at radius 3 is 2.32 bits per heavy atom. The largest absolute Gasteiger partial charge is 0.481 e. The van der Waals surface area contributed by atoms with Gasteiger partial charge in [0.2, 0.25) is 5.91 Å². The molecule has 0 saturated heterocycles. The molecule has 2 N–H and O–H groups in total. The fourth-order valence-electron chi connectivity index (χ4n) is 1.91. The van der Waals surface area contributed by atoms with Crippen LogP contribution in [0.5, 0.6) is 0 Å². The molecule has 19 heavy (non-hydrogen) atoms. The summed E-state index contributed by atoms with van der Waals surface area (Å²) >= 11 is 0. The first-order chi connectivity index (χ1) is 8.82. The minimum Gasteiger partial charge on any atom is -0.481 e. The van der Waals surface area contributed by atoms with Gasteiger partial charge in [0, 0.05) is 6.54 Å². The third kappa shape index (κ3) is 4.09. The van der Waals surface area contributed by atoms with Gasteiger partial charge in [-0.1, -0.05) is 32.0 Å². The van der Waals surface area contributed by atoms with Gasteiger partial charge in [-0.25, -0.2) is 0 Å². The average Bonchev–Trinajstić information content (AvgIpc) is 2.29. The summed E-state index contributed by atoms with van der Waals surface area (Å²) in [5, 5.41) is 11.7. The Morgan fingerprint density at radius 1 is 1.21 bits per heavy atom. The molecule has 0 radical (unpaired) electrons. The molecule has 0 aliphatic heterocycles. The Bertz CT molecular complexity index is 480. The molecule has 4 nitrogen and oxygen atoms in total. The number of amides is 1. The molecule has 1 rings (SSSR count). The molecule has 0 heterocycles. The van der Waals surface area contributed by atoms with E-state index in [4.69, 9.17) is 5.11 Å². The van der Waals surface area contributed by atoms with Gasteiger partial charge in [0.1, 0.15) is 5.92 Å². The van der Waals surface area contributed by atoms with Crippen LogP contribution in [0.1, 0.15) is 30.5 Å². The Morgan fingerprint density at radius 2 is 1.84 bits per heavy atom. The molecule has 0 aliphatic carbocycles. The minimum atomic E-state index is -1.08. The normalized spacial score (nSPS) is 12.3. The van der Waals surface area contributed by atoms with E-state index in [1.165, 1.54) is 5.56 Å². The molecule has 1 amide bonds. The summed E-state index contributed by atoms with van der Waals surface area (Å²) < 4.78 is 0. The number of rotatable bonds is 5. The van der Waals surface area contributed by atoms with Crippen molar-refractivity contribution in [1.29, 1.82) is 0 Å². The number of aliphatic carboxylic acids is 1. The quantitative estimate of drug-likeness (QED) is 0.801. The van der Waals surface area contributed by atoms with E-state index >= 15 is 0 Å². The molecule has 0 spiro atoms. The predicted octanol–water partition coefficient (Wildman–Crippen LogP) is 2.28. The van der Waals surface area contributed by atoms with E-state index in [9.17, 15) is 9.59 Å². The molecule has 0 bridgehead atoms. The minimum absolute atomic E-state index is 0.225. The first-order valence-electron chi connectivity index (χ1n) is 6.39. The number of carbonyl (C=O) groups is 2.